The van der Waals surface area contributed by atoms with E-state index in [2.05, 4.69) is 20.0 Å². The van der Waals surface area contributed by atoms with Crippen LogP contribution in [-0.4, -0.2) is 30.5 Å². The number of sulfonamides is 1. The Kier molecular flexibility index (Phi) is 4.49. The molecule has 0 saturated heterocycles. The molecule has 0 aliphatic carbocycles. The molecule has 2 rings (SSSR count). The Morgan fingerprint density at radius 3 is 2.76 bits per heavy atom. The number of amides is 1. The lowest BCUT2D eigenvalue weighted by Gasteiger charge is -2.08. The van der Waals surface area contributed by atoms with Crippen LogP contribution in [-0.2, 0) is 16.6 Å². The Morgan fingerprint density at radius 1 is 1.29 bits per heavy atom. The summed E-state index contributed by atoms with van der Waals surface area (Å²) in [6, 6.07) is 6.77. The molecule has 1 aromatic carbocycles. The number of nitrogens with zero attached hydrogens (tertiary/aromatic N) is 2. The van der Waals surface area contributed by atoms with E-state index in [0.29, 0.717) is 5.69 Å². The summed E-state index contributed by atoms with van der Waals surface area (Å²) in [4.78, 5) is 19.5. The van der Waals surface area contributed by atoms with Gasteiger partial charge in [0.15, 0.2) is 0 Å². The lowest BCUT2D eigenvalue weighted by Crippen LogP contribution is -2.24. The number of rotatable bonds is 5. The van der Waals surface area contributed by atoms with Gasteiger partial charge in [0.1, 0.15) is 5.69 Å². The summed E-state index contributed by atoms with van der Waals surface area (Å²) >= 11 is 0. The molecule has 110 valence electrons. The fraction of sp³-hybridized carbons (Fsp3) is 0.154. The maximum absolute atomic E-state index is 11.8. The van der Waals surface area contributed by atoms with Crippen molar-refractivity contribution in [2.24, 2.45) is 0 Å². The van der Waals surface area contributed by atoms with Crippen LogP contribution in [0.3, 0.4) is 0 Å². The Morgan fingerprint density at radius 2 is 2.10 bits per heavy atom. The molecule has 21 heavy (non-hydrogen) atoms. The minimum Gasteiger partial charge on any atom is -0.347 e. The largest absolute Gasteiger partial charge is 0.347 e. The van der Waals surface area contributed by atoms with Crippen molar-refractivity contribution in [2.75, 3.05) is 11.0 Å². The quantitative estimate of drug-likeness (QED) is 0.850. The van der Waals surface area contributed by atoms with Crippen molar-refractivity contribution in [3.8, 4) is 0 Å². The van der Waals surface area contributed by atoms with Crippen molar-refractivity contribution in [3.05, 3.63) is 54.1 Å². The smallest absolute Gasteiger partial charge is 0.271 e. The lowest BCUT2D eigenvalue weighted by atomic mass is 10.2. The van der Waals surface area contributed by atoms with E-state index < -0.39 is 10.0 Å². The number of carbonyl (C=O) groups excluding carboxylic acids is 1. The van der Waals surface area contributed by atoms with Crippen LogP contribution in [0.4, 0.5) is 5.69 Å². The zero-order valence-electron chi connectivity index (χ0n) is 11.3. The summed E-state index contributed by atoms with van der Waals surface area (Å²) in [5.41, 5.74) is 1.44. The van der Waals surface area contributed by atoms with Gasteiger partial charge >= 0.3 is 0 Å². The summed E-state index contributed by atoms with van der Waals surface area (Å²) in [5.74, 6) is -0.343. The third kappa shape index (κ3) is 4.84. The van der Waals surface area contributed by atoms with Crippen LogP contribution < -0.4 is 10.0 Å². The minimum absolute atomic E-state index is 0.225. The molecule has 0 atom stereocenters. The van der Waals surface area contributed by atoms with Crippen LogP contribution >= 0.6 is 0 Å². The molecule has 0 radical (unpaired) electrons. The number of carbonyl (C=O) groups is 1. The van der Waals surface area contributed by atoms with Crippen molar-refractivity contribution in [1.29, 1.82) is 0 Å². The van der Waals surface area contributed by atoms with Gasteiger partial charge in [0.25, 0.3) is 5.91 Å². The molecule has 0 fully saturated rings. The Bertz CT molecular complexity index is 732. The summed E-state index contributed by atoms with van der Waals surface area (Å²) in [6.45, 7) is 0.259. The fourth-order valence-corrected chi connectivity index (χ4v) is 2.20. The average molecular weight is 306 g/mol. The molecule has 1 amide bonds. The highest BCUT2D eigenvalue weighted by atomic mass is 32.2. The summed E-state index contributed by atoms with van der Waals surface area (Å²) < 4.78 is 24.7. The first-order valence-corrected chi connectivity index (χ1v) is 7.94. The second kappa shape index (κ2) is 6.31. The van der Waals surface area contributed by atoms with E-state index in [1.807, 2.05) is 0 Å². The molecular weight excluding hydrogens is 292 g/mol. The molecule has 0 saturated carbocycles. The number of hydrogen-bond acceptors (Lipinski definition) is 5. The predicted molar refractivity (Wildman–Crippen MR) is 78.1 cm³/mol. The molecule has 0 aliphatic rings. The number of hydrogen-bond donors (Lipinski definition) is 2. The first-order chi connectivity index (χ1) is 9.94. The van der Waals surface area contributed by atoms with Gasteiger partial charge in [0.05, 0.1) is 12.5 Å². The van der Waals surface area contributed by atoms with E-state index in [4.69, 9.17) is 0 Å². The van der Waals surface area contributed by atoms with Crippen molar-refractivity contribution in [3.63, 3.8) is 0 Å². The highest BCUT2D eigenvalue weighted by Crippen LogP contribution is 2.11. The highest BCUT2D eigenvalue weighted by Gasteiger charge is 2.07. The third-order valence-corrected chi connectivity index (χ3v) is 3.09. The number of nitrogens with one attached hydrogen (secondary N) is 2. The molecule has 0 aliphatic heterocycles. The van der Waals surface area contributed by atoms with Gasteiger partial charge < -0.3 is 5.32 Å². The Labute approximate surface area is 122 Å². The lowest BCUT2D eigenvalue weighted by molar-refractivity contribution is 0.0945. The maximum atomic E-state index is 11.8. The maximum Gasteiger partial charge on any atom is 0.271 e. The van der Waals surface area contributed by atoms with E-state index in [9.17, 15) is 13.2 Å². The van der Waals surface area contributed by atoms with Gasteiger partial charge in [-0.05, 0) is 17.7 Å². The van der Waals surface area contributed by atoms with E-state index in [0.717, 1.165) is 11.8 Å². The fourth-order valence-electron chi connectivity index (χ4n) is 1.65. The SMILES string of the molecule is CS(=O)(=O)Nc1cccc(CNC(=O)c2cnccn2)c1. The monoisotopic (exact) mass is 306 g/mol. The van der Waals surface area contributed by atoms with Crippen LogP contribution in [0.25, 0.3) is 0 Å². The van der Waals surface area contributed by atoms with Crippen molar-refractivity contribution in [2.45, 2.75) is 6.54 Å². The van der Waals surface area contributed by atoms with Crippen molar-refractivity contribution < 1.29 is 13.2 Å². The summed E-state index contributed by atoms with van der Waals surface area (Å²) in [5, 5.41) is 2.69. The van der Waals surface area contributed by atoms with Gasteiger partial charge in [-0.1, -0.05) is 12.1 Å². The second-order valence-corrected chi connectivity index (χ2v) is 6.10. The summed E-state index contributed by atoms with van der Waals surface area (Å²) in [6.07, 6.45) is 5.37. The minimum atomic E-state index is -3.32. The Balaban J connectivity index is 2.01. The van der Waals surface area contributed by atoms with Crippen LogP contribution in [0, 0.1) is 0 Å². The van der Waals surface area contributed by atoms with E-state index in [-0.39, 0.29) is 18.1 Å². The van der Waals surface area contributed by atoms with Crippen LogP contribution in [0.1, 0.15) is 16.1 Å². The standard InChI is InChI=1S/C13H14N4O3S/c1-21(19,20)17-11-4-2-3-10(7-11)8-16-13(18)12-9-14-5-6-15-12/h2-7,9,17H,8H2,1H3,(H,16,18). The topological polar surface area (TPSA) is 101 Å². The molecule has 1 aromatic heterocycles. The van der Waals surface area contributed by atoms with Crippen molar-refractivity contribution >= 4 is 21.6 Å². The Hall–Kier alpha value is -2.48. The third-order valence-electron chi connectivity index (χ3n) is 2.48. The summed E-state index contributed by atoms with van der Waals surface area (Å²) in [7, 11) is -3.32. The number of benzene rings is 1. The molecule has 0 unspecified atom stereocenters. The van der Waals surface area contributed by atoms with Gasteiger partial charge in [-0.15, -0.1) is 0 Å². The van der Waals surface area contributed by atoms with Gasteiger partial charge in [-0.3, -0.25) is 14.5 Å². The molecule has 1 heterocycles. The predicted octanol–water partition coefficient (Wildman–Crippen LogP) is 0.778. The molecular formula is C13H14N4O3S. The van der Waals surface area contributed by atoms with E-state index >= 15 is 0 Å². The highest BCUT2D eigenvalue weighted by molar-refractivity contribution is 7.92. The average Bonchev–Trinajstić information content (AvgIpc) is 2.44. The first kappa shape index (κ1) is 14.9. The molecule has 2 aromatic rings. The zero-order valence-corrected chi connectivity index (χ0v) is 12.1. The van der Waals surface area contributed by atoms with Gasteiger partial charge in [-0.2, -0.15) is 0 Å². The molecule has 0 bridgehead atoms. The van der Waals surface area contributed by atoms with Crippen LogP contribution in [0.5, 0.6) is 0 Å². The zero-order chi connectivity index (χ0) is 15.3. The van der Waals surface area contributed by atoms with Gasteiger partial charge in [0, 0.05) is 24.6 Å². The van der Waals surface area contributed by atoms with Gasteiger partial charge in [-0.25, -0.2) is 13.4 Å². The number of aromatic nitrogens is 2. The number of anilines is 1. The van der Waals surface area contributed by atoms with Crippen LogP contribution in [0.15, 0.2) is 42.9 Å². The molecule has 8 heteroatoms. The van der Waals surface area contributed by atoms with Crippen molar-refractivity contribution in [1.82, 2.24) is 15.3 Å². The van der Waals surface area contributed by atoms with E-state index in [1.165, 1.54) is 18.6 Å². The van der Waals surface area contributed by atoms with Gasteiger partial charge in [0.2, 0.25) is 10.0 Å². The molecule has 2 N–H and O–H groups in total. The first-order valence-electron chi connectivity index (χ1n) is 6.05. The van der Waals surface area contributed by atoms with Crippen LogP contribution in [0.2, 0.25) is 0 Å². The van der Waals surface area contributed by atoms with E-state index in [1.54, 1.807) is 24.3 Å². The molecule has 0 spiro atoms. The molecule has 7 nitrogen and oxygen atoms in total. The normalized spacial score (nSPS) is 10.9. The second-order valence-electron chi connectivity index (χ2n) is 4.35.